The van der Waals surface area contributed by atoms with Gasteiger partial charge in [-0.05, 0) is 38.2 Å². The van der Waals surface area contributed by atoms with Gasteiger partial charge in [0.25, 0.3) is 5.91 Å². The van der Waals surface area contributed by atoms with Gasteiger partial charge in [-0.2, -0.15) is 0 Å². The van der Waals surface area contributed by atoms with Gasteiger partial charge in [-0.25, -0.2) is 13.1 Å². The lowest BCUT2D eigenvalue weighted by Crippen LogP contribution is -2.37. The fourth-order valence-electron chi connectivity index (χ4n) is 1.45. The number of rotatable bonds is 6. The van der Waals surface area contributed by atoms with E-state index in [9.17, 15) is 13.2 Å². The zero-order valence-electron chi connectivity index (χ0n) is 12.6. The molecule has 1 aromatic rings. The first-order chi connectivity index (χ1) is 9.27. The Morgan fingerprint density at radius 2 is 1.76 bits per heavy atom. The normalized spacial score (nSPS) is 12.4. The Balaban J connectivity index is 0.00000400. The number of hydrogen-bond acceptors (Lipinski definition) is 4. The third-order valence-electron chi connectivity index (χ3n) is 2.89. The molecule has 0 spiro atoms. The second-order valence-corrected chi connectivity index (χ2v) is 6.53. The van der Waals surface area contributed by atoms with E-state index in [2.05, 4.69) is 10.0 Å². The highest BCUT2D eigenvalue weighted by atomic mass is 35.5. The summed E-state index contributed by atoms with van der Waals surface area (Å²) >= 11 is 0. The van der Waals surface area contributed by atoms with Crippen LogP contribution in [0.5, 0.6) is 0 Å². The molecule has 0 radical (unpaired) electrons. The number of carbonyl (C=O) groups excluding carboxylic acids is 1. The number of sulfonamides is 1. The van der Waals surface area contributed by atoms with Crippen molar-refractivity contribution >= 4 is 28.3 Å². The average molecular weight is 336 g/mol. The van der Waals surface area contributed by atoms with E-state index in [0.29, 0.717) is 12.1 Å². The predicted octanol–water partition coefficient (Wildman–Crippen LogP) is 0.696. The molecule has 0 aliphatic heterocycles. The van der Waals surface area contributed by atoms with E-state index >= 15 is 0 Å². The molecular weight excluding hydrogens is 314 g/mol. The lowest BCUT2D eigenvalue weighted by molar-refractivity contribution is 0.0827. The molecule has 1 rings (SSSR count). The van der Waals surface area contributed by atoms with Gasteiger partial charge in [-0.15, -0.1) is 12.4 Å². The van der Waals surface area contributed by atoms with Crippen molar-refractivity contribution in [3.05, 3.63) is 29.8 Å². The highest BCUT2D eigenvalue weighted by Gasteiger charge is 2.16. The minimum absolute atomic E-state index is 0. The number of benzene rings is 1. The van der Waals surface area contributed by atoms with E-state index in [0.717, 1.165) is 0 Å². The van der Waals surface area contributed by atoms with Crippen molar-refractivity contribution in [2.45, 2.75) is 17.9 Å². The van der Waals surface area contributed by atoms with Crippen molar-refractivity contribution < 1.29 is 13.2 Å². The molecule has 120 valence electrons. The van der Waals surface area contributed by atoms with Crippen LogP contribution in [-0.2, 0) is 10.0 Å². The van der Waals surface area contributed by atoms with Crippen LogP contribution in [0.3, 0.4) is 0 Å². The first-order valence-corrected chi connectivity index (χ1v) is 7.75. The lowest BCUT2D eigenvalue weighted by Gasteiger charge is -2.13. The molecular formula is C13H22ClN3O3S. The third-order valence-corrected chi connectivity index (χ3v) is 4.33. The van der Waals surface area contributed by atoms with Crippen molar-refractivity contribution in [3.8, 4) is 0 Å². The molecule has 0 fully saturated rings. The van der Waals surface area contributed by atoms with Crippen LogP contribution in [0.4, 0.5) is 0 Å². The first kappa shape index (κ1) is 19.9. The van der Waals surface area contributed by atoms with Crippen LogP contribution < -0.4 is 10.0 Å². The summed E-state index contributed by atoms with van der Waals surface area (Å²) in [7, 11) is 1.51. The molecule has 6 nitrogen and oxygen atoms in total. The van der Waals surface area contributed by atoms with E-state index in [1.165, 1.54) is 29.2 Å². The van der Waals surface area contributed by atoms with Gasteiger partial charge in [0.1, 0.15) is 0 Å². The van der Waals surface area contributed by atoms with Gasteiger partial charge in [-0.3, -0.25) is 4.79 Å². The number of nitrogens with zero attached hydrogens (tertiary/aromatic N) is 1. The minimum Gasteiger partial charge on any atom is -0.345 e. The molecule has 0 saturated heterocycles. The Hall–Kier alpha value is -1.15. The van der Waals surface area contributed by atoms with Crippen molar-refractivity contribution in [1.29, 1.82) is 0 Å². The molecule has 1 aromatic carbocycles. The van der Waals surface area contributed by atoms with E-state index in [-0.39, 0.29) is 29.3 Å². The molecule has 0 heterocycles. The van der Waals surface area contributed by atoms with E-state index in [1.807, 2.05) is 6.92 Å². The molecule has 8 heteroatoms. The summed E-state index contributed by atoms with van der Waals surface area (Å²) in [5, 5.41) is 2.95. The zero-order chi connectivity index (χ0) is 15.3. The summed E-state index contributed by atoms with van der Waals surface area (Å²) in [4.78, 5) is 13.3. The van der Waals surface area contributed by atoms with Crippen LogP contribution in [0.2, 0.25) is 0 Å². The van der Waals surface area contributed by atoms with Crippen molar-refractivity contribution in [2.24, 2.45) is 0 Å². The first-order valence-electron chi connectivity index (χ1n) is 6.26. The van der Waals surface area contributed by atoms with Gasteiger partial charge >= 0.3 is 0 Å². The topological polar surface area (TPSA) is 78.5 Å². The molecule has 0 aromatic heterocycles. The molecule has 21 heavy (non-hydrogen) atoms. The van der Waals surface area contributed by atoms with E-state index in [4.69, 9.17) is 0 Å². The lowest BCUT2D eigenvalue weighted by atomic mass is 10.2. The summed E-state index contributed by atoms with van der Waals surface area (Å²) in [6.07, 6.45) is 0. The largest absolute Gasteiger partial charge is 0.345 e. The van der Waals surface area contributed by atoms with Crippen LogP contribution in [0.1, 0.15) is 17.3 Å². The number of halogens is 1. The maximum atomic E-state index is 12.0. The SMILES string of the molecule is CNC(C)CNS(=O)(=O)c1ccc(C(=O)N(C)C)cc1.Cl. The molecule has 2 N–H and O–H groups in total. The second kappa shape index (κ2) is 8.33. The van der Waals surface area contributed by atoms with Gasteiger partial charge in [-0.1, -0.05) is 0 Å². The highest BCUT2D eigenvalue weighted by molar-refractivity contribution is 7.89. The van der Waals surface area contributed by atoms with Gasteiger partial charge in [0.2, 0.25) is 10.0 Å². The van der Waals surface area contributed by atoms with Gasteiger partial charge < -0.3 is 10.2 Å². The predicted molar refractivity (Wildman–Crippen MR) is 85.4 cm³/mol. The fourth-order valence-corrected chi connectivity index (χ4v) is 2.59. The maximum Gasteiger partial charge on any atom is 0.253 e. The van der Waals surface area contributed by atoms with Gasteiger partial charge in [0, 0.05) is 32.2 Å². The number of hydrogen-bond donors (Lipinski definition) is 2. The third kappa shape index (κ3) is 5.62. The molecule has 0 bridgehead atoms. The Labute approximate surface area is 132 Å². The summed E-state index contributed by atoms with van der Waals surface area (Å²) in [5.41, 5.74) is 0.456. The Morgan fingerprint density at radius 1 is 1.24 bits per heavy atom. The number of carbonyl (C=O) groups is 1. The number of likely N-dealkylation sites (N-methyl/N-ethyl adjacent to an activating group) is 1. The number of nitrogens with one attached hydrogen (secondary N) is 2. The summed E-state index contributed by atoms with van der Waals surface area (Å²) in [5.74, 6) is -0.161. The highest BCUT2D eigenvalue weighted by Crippen LogP contribution is 2.11. The Kier molecular flexibility index (Phi) is 7.87. The van der Waals surface area contributed by atoms with Crippen molar-refractivity contribution in [3.63, 3.8) is 0 Å². The van der Waals surface area contributed by atoms with Gasteiger partial charge in [0.05, 0.1) is 4.90 Å². The van der Waals surface area contributed by atoms with E-state index in [1.54, 1.807) is 21.1 Å². The number of amides is 1. The van der Waals surface area contributed by atoms with Crippen LogP contribution in [0.25, 0.3) is 0 Å². The summed E-state index contributed by atoms with van der Waals surface area (Å²) < 4.78 is 26.6. The Bertz CT molecular complexity index is 559. The molecule has 1 amide bonds. The quantitative estimate of drug-likeness (QED) is 0.802. The smallest absolute Gasteiger partial charge is 0.253 e. The maximum absolute atomic E-state index is 12.0. The van der Waals surface area contributed by atoms with Crippen LogP contribution >= 0.6 is 12.4 Å². The van der Waals surface area contributed by atoms with Crippen LogP contribution in [0.15, 0.2) is 29.2 Å². The molecule has 0 saturated carbocycles. The van der Waals surface area contributed by atoms with Crippen molar-refractivity contribution in [1.82, 2.24) is 14.9 Å². The second-order valence-electron chi connectivity index (χ2n) is 4.77. The molecule has 1 atom stereocenters. The standard InChI is InChI=1S/C13H21N3O3S.ClH/c1-10(14-2)9-15-20(18,19)12-7-5-11(6-8-12)13(17)16(3)4;/h5-8,10,14-15H,9H2,1-4H3;1H. The summed E-state index contributed by atoms with van der Waals surface area (Å²) in [6.45, 7) is 2.18. The zero-order valence-corrected chi connectivity index (χ0v) is 14.2. The fraction of sp³-hybridized carbons (Fsp3) is 0.462. The van der Waals surface area contributed by atoms with Crippen LogP contribution in [-0.4, -0.2) is 53.0 Å². The monoisotopic (exact) mass is 335 g/mol. The molecule has 0 aliphatic carbocycles. The van der Waals surface area contributed by atoms with Gasteiger partial charge in [0.15, 0.2) is 0 Å². The Morgan fingerprint density at radius 3 is 2.19 bits per heavy atom. The minimum atomic E-state index is -3.54. The average Bonchev–Trinajstić information content (AvgIpc) is 2.44. The van der Waals surface area contributed by atoms with Crippen LogP contribution in [0, 0.1) is 0 Å². The molecule has 1 unspecified atom stereocenters. The summed E-state index contributed by atoms with van der Waals surface area (Å²) in [6, 6.07) is 5.93. The van der Waals surface area contributed by atoms with Crippen molar-refractivity contribution in [2.75, 3.05) is 27.7 Å². The molecule has 0 aliphatic rings. The van der Waals surface area contributed by atoms with E-state index < -0.39 is 10.0 Å².